The molecule has 3 heteroatoms. The maximum absolute atomic E-state index is 2.71. The summed E-state index contributed by atoms with van der Waals surface area (Å²) in [6.07, 6.45) is 6.20. The van der Waals surface area contributed by atoms with Crippen LogP contribution in [0.3, 0.4) is 0 Å². The molecule has 2 aliphatic heterocycles. The first-order valence-electron chi connectivity index (χ1n) is 5.27. The van der Waals surface area contributed by atoms with Crippen LogP contribution in [0.2, 0.25) is 0 Å². The molecule has 2 unspecified atom stereocenters. The van der Waals surface area contributed by atoms with Crippen LogP contribution in [0.15, 0.2) is 0 Å². The number of piperidine rings is 1. The highest BCUT2D eigenvalue weighted by Gasteiger charge is 2.36. The molecule has 0 radical (unpaired) electrons. The molecular formula is C10H22N2S. The summed E-state index contributed by atoms with van der Waals surface area (Å²) in [5.74, 6) is 1.99. The predicted molar refractivity (Wildman–Crippen MR) is 61.5 cm³/mol. The first-order chi connectivity index (χ1) is 6.16. The molecule has 0 aromatic rings. The third-order valence-electron chi connectivity index (χ3n) is 3.55. The Bertz CT molecular complexity index is 184. The van der Waals surface area contributed by atoms with Gasteiger partial charge in [-0.15, -0.1) is 0 Å². The Balaban J connectivity index is 1.94. The summed E-state index contributed by atoms with van der Waals surface area (Å²) in [6.45, 7) is 5.41. The summed E-state index contributed by atoms with van der Waals surface area (Å²) in [6, 6.07) is 0. The van der Waals surface area contributed by atoms with Crippen molar-refractivity contribution in [3.63, 3.8) is 0 Å². The normalized spacial score (nSPS) is 37.6. The molecule has 0 spiro atoms. The van der Waals surface area contributed by atoms with Crippen molar-refractivity contribution < 1.29 is 0 Å². The van der Waals surface area contributed by atoms with Crippen molar-refractivity contribution in [2.24, 2.45) is 11.8 Å². The van der Waals surface area contributed by atoms with E-state index in [9.17, 15) is 0 Å². The van der Waals surface area contributed by atoms with Gasteiger partial charge in [0.1, 0.15) is 0 Å². The van der Waals surface area contributed by atoms with E-state index in [-0.39, 0.29) is 11.1 Å². The van der Waals surface area contributed by atoms with Crippen LogP contribution < -0.4 is 0 Å². The number of hydrogen-bond acceptors (Lipinski definition) is 2. The van der Waals surface area contributed by atoms with E-state index in [1.807, 2.05) is 0 Å². The zero-order valence-corrected chi connectivity index (χ0v) is 9.93. The number of rotatable bonds is 1. The van der Waals surface area contributed by atoms with E-state index < -0.39 is 0 Å². The fourth-order valence-electron chi connectivity index (χ4n) is 2.65. The topological polar surface area (TPSA) is 6.48 Å². The van der Waals surface area contributed by atoms with Crippen molar-refractivity contribution >= 4 is 11.1 Å². The van der Waals surface area contributed by atoms with Crippen LogP contribution in [-0.4, -0.2) is 54.9 Å². The molecule has 78 valence electrons. The SMILES string of the molecule is CN1CCC2CN([SH](C)C)CC2C1. The minimum absolute atomic E-state index is 0.162. The Morgan fingerprint density at radius 1 is 1.08 bits per heavy atom. The number of hydrogen-bond donors (Lipinski definition) is 1. The molecule has 0 aromatic heterocycles. The summed E-state index contributed by atoms with van der Waals surface area (Å²) >= 11 is 0.162. The second-order valence-corrected chi connectivity index (χ2v) is 7.05. The van der Waals surface area contributed by atoms with Crippen molar-refractivity contribution in [1.82, 2.24) is 9.21 Å². The lowest BCUT2D eigenvalue weighted by molar-refractivity contribution is 0.178. The van der Waals surface area contributed by atoms with Crippen LogP contribution in [-0.2, 0) is 0 Å². The molecule has 13 heavy (non-hydrogen) atoms. The highest BCUT2D eigenvalue weighted by molar-refractivity contribution is 8.13. The monoisotopic (exact) mass is 202 g/mol. The summed E-state index contributed by atoms with van der Waals surface area (Å²) < 4.78 is 2.71. The van der Waals surface area contributed by atoms with E-state index >= 15 is 0 Å². The van der Waals surface area contributed by atoms with Gasteiger partial charge in [-0.2, -0.15) is 0 Å². The third kappa shape index (κ3) is 2.03. The van der Waals surface area contributed by atoms with E-state index in [4.69, 9.17) is 0 Å². The predicted octanol–water partition coefficient (Wildman–Crippen LogP) is 1.05. The fourth-order valence-corrected chi connectivity index (χ4v) is 3.72. The minimum atomic E-state index is 0.162. The van der Waals surface area contributed by atoms with Gasteiger partial charge in [-0.25, -0.2) is 11.1 Å². The fraction of sp³-hybridized carbons (Fsp3) is 1.00. The Morgan fingerprint density at radius 2 is 1.77 bits per heavy atom. The summed E-state index contributed by atoms with van der Waals surface area (Å²) in [7, 11) is 2.26. The molecule has 0 aromatic carbocycles. The minimum Gasteiger partial charge on any atom is -0.306 e. The molecule has 2 heterocycles. The molecule has 2 rings (SSSR count). The lowest BCUT2D eigenvalue weighted by atomic mass is 9.89. The summed E-state index contributed by atoms with van der Waals surface area (Å²) in [4.78, 5) is 2.50. The summed E-state index contributed by atoms with van der Waals surface area (Å²) in [5.41, 5.74) is 0. The number of fused-ring (bicyclic) bond motifs is 1. The van der Waals surface area contributed by atoms with Crippen LogP contribution in [0.25, 0.3) is 0 Å². The molecule has 0 saturated carbocycles. The quantitative estimate of drug-likeness (QED) is 0.635. The van der Waals surface area contributed by atoms with Crippen molar-refractivity contribution in [1.29, 1.82) is 0 Å². The van der Waals surface area contributed by atoms with Crippen LogP contribution in [0.4, 0.5) is 0 Å². The number of likely N-dealkylation sites (tertiary alicyclic amines) is 1. The van der Waals surface area contributed by atoms with Gasteiger partial charge in [-0.1, -0.05) is 0 Å². The Hall–Kier alpha value is 0.270. The smallest absolute Gasteiger partial charge is 0.0115 e. The van der Waals surface area contributed by atoms with E-state index in [1.165, 1.54) is 32.6 Å². The second kappa shape index (κ2) is 3.79. The summed E-state index contributed by atoms with van der Waals surface area (Å²) in [5, 5.41) is 0. The third-order valence-corrected chi connectivity index (χ3v) is 5.01. The average molecular weight is 202 g/mol. The Labute approximate surface area is 84.8 Å². The Kier molecular flexibility index (Phi) is 2.86. The zero-order valence-electron chi connectivity index (χ0n) is 9.03. The van der Waals surface area contributed by atoms with Gasteiger partial charge in [-0.05, 0) is 44.4 Å². The lowest BCUT2D eigenvalue weighted by Crippen LogP contribution is -2.37. The van der Waals surface area contributed by atoms with E-state index in [2.05, 4.69) is 28.8 Å². The van der Waals surface area contributed by atoms with Crippen molar-refractivity contribution in [3.05, 3.63) is 0 Å². The molecule has 0 aliphatic carbocycles. The largest absolute Gasteiger partial charge is 0.306 e. The average Bonchev–Trinajstić information content (AvgIpc) is 2.46. The molecule has 0 bridgehead atoms. The molecule has 2 nitrogen and oxygen atoms in total. The van der Waals surface area contributed by atoms with Gasteiger partial charge < -0.3 is 4.90 Å². The van der Waals surface area contributed by atoms with Crippen molar-refractivity contribution in [2.75, 3.05) is 45.7 Å². The molecular weight excluding hydrogens is 180 g/mol. The van der Waals surface area contributed by atoms with Crippen LogP contribution in [0.1, 0.15) is 6.42 Å². The molecule has 2 atom stereocenters. The number of nitrogens with zero attached hydrogens (tertiary/aromatic N) is 2. The van der Waals surface area contributed by atoms with Gasteiger partial charge in [0.05, 0.1) is 0 Å². The maximum Gasteiger partial charge on any atom is 0.0115 e. The van der Waals surface area contributed by atoms with Gasteiger partial charge in [0, 0.05) is 19.6 Å². The van der Waals surface area contributed by atoms with E-state index in [1.54, 1.807) is 0 Å². The zero-order chi connectivity index (χ0) is 9.42. The standard InChI is InChI=1S/C10H22N2S/c1-11-5-4-9-7-12(13(2)3)8-10(9)6-11/h9-10,13H,4-8H2,1-3H3. The van der Waals surface area contributed by atoms with Gasteiger partial charge in [0.2, 0.25) is 0 Å². The first-order valence-corrected chi connectivity index (χ1v) is 7.46. The molecule has 0 N–H and O–H groups in total. The molecule has 2 aliphatic rings. The Morgan fingerprint density at radius 3 is 2.46 bits per heavy atom. The van der Waals surface area contributed by atoms with Crippen LogP contribution in [0.5, 0.6) is 0 Å². The van der Waals surface area contributed by atoms with E-state index in [0.29, 0.717) is 0 Å². The van der Waals surface area contributed by atoms with Crippen molar-refractivity contribution in [2.45, 2.75) is 6.42 Å². The lowest BCUT2D eigenvalue weighted by Gasteiger charge is -2.31. The molecule has 2 saturated heterocycles. The second-order valence-electron chi connectivity index (χ2n) is 4.79. The maximum atomic E-state index is 2.71. The van der Waals surface area contributed by atoms with E-state index in [0.717, 1.165) is 11.8 Å². The van der Waals surface area contributed by atoms with Gasteiger partial charge in [-0.3, -0.25) is 4.31 Å². The highest BCUT2D eigenvalue weighted by atomic mass is 32.2. The molecule has 0 amide bonds. The molecule has 2 fully saturated rings. The van der Waals surface area contributed by atoms with Crippen LogP contribution >= 0.6 is 11.1 Å². The van der Waals surface area contributed by atoms with Crippen LogP contribution in [0, 0.1) is 11.8 Å². The van der Waals surface area contributed by atoms with Crippen molar-refractivity contribution in [3.8, 4) is 0 Å². The van der Waals surface area contributed by atoms with Gasteiger partial charge in [0.25, 0.3) is 0 Å². The van der Waals surface area contributed by atoms with Gasteiger partial charge >= 0.3 is 0 Å². The van der Waals surface area contributed by atoms with Gasteiger partial charge in [0.15, 0.2) is 0 Å². The first kappa shape index (κ1) is 9.81. The number of thiol groups is 1. The highest BCUT2D eigenvalue weighted by Crippen LogP contribution is 2.37.